The Balaban J connectivity index is 3.96. The molecule has 0 aliphatic heterocycles. The minimum absolute atomic E-state index is 0.0588. The number of thioether (sulfide) groups is 1. The van der Waals surface area contributed by atoms with Crippen LogP contribution in [0, 0.1) is 0 Å². The second-order valence-electron chi connectivity index (χ2n) is 9.74. The topological polar surface area (TPSA) is 132 Å². The van der Waals surface area contributed by atoms with Crippen molar-refractivity contribution < 1.29 is 37.6 Å². The summed E-state index contributed by atoms with van der Waals surface area (Å²) in [5.74, 6) is 0.699. The maximum absolute atomic E-state index is 12.4. The molecule has 0 aliphatic rings. The Bertz CT molecular complexity index is 782. The van der Waals surface area contributed by atoms with Gasteiger partial charge in [-0.2, -0.15) is 11.8 Å². The largest absolute Gasteiger partial charge is 0.448 e. The van der Waals surface area contributed by atoms with Crippen LogP contribution >= 0.6 is 37.1 Å². The van der Waals surface area contributed by atoms with E-state index in [0.29, 0.717) is 32.2 Å². The van der Waals surface area contributed by atoms with Crippen molar-refractivity contribution >= 4 is 60.9 Å². The molecule has 0 aromatic carbocycles. The zero-order valence-electron chi connectivity index (χ0n) is 22.9. The highest BCUT2D eigenvalue weighted by Crippen LogP contribution is 2.62. The lowest BCUT2D eigenvalue weighted by molar-refractivity contribution is -0.120. The van der Waals surface area contributed by atoms with Crippen LogP contribution in [0.1, 0.15) is 66.7 Å². The maximum atomic E-state index is 12.4. The van der Waals surface area contributed by atoms with Gasteiger partial charge >= 0.3 is 6.09 Å². The van der Waals surface area contributed by atoms with Crippen LogP contribution in [0.15, 0.2) is 0 Å². The lowest BCUT2D eigenvalue weighted by Crippen LogP contribution is -2.31. The molecule has 0 fully saturated rings. The van der Waals surface area contributed by atoms with Gasteiger partial charge in [0.05, 0.1) is 26.4 Å². The molecular formula is C22H46N2O8P2S3. The lowest BCUT2D eigenvalue weighted by Gasteiger charge is -2.33. The van der Waals surface area contributed by atoms with Crippen LogP contribution in [0.3, 0.4) is 0 Å². The predicted molar refractivity (Wildman–Crippen MR) is 159 cm³/mol. The summed E-state index contributed by atoms with van der Waals surface area (Å²) in [6, 6.07) is 0. The molecule has 10 nitrogen and oxygen atoms in total. The molecule has 2 amide bonds. The van der Waals surface area contributed by atoms with Crippen LogP contribution in [-0.4, -0.2) is 78.9 Å². The number of thiol groups is 1. The fourth-order valence-corrected chi connectivity index (χ4v) is 5.17. The molecule has 220 valence electrons. The van der Waals surface area contributed by atoms with E-state index in [9.17, 15) is 19.0 Å². The Hall–Kier alpha value is 0.160. The Morgan fingerprint density at radius 1 is 0.946 bits per heavy atom. The number of rotatable bonds is 20. The van der Waals surface area contributed by atoms with Gasteiger partial charge in [-0.05, 0) is 57.6 Å². The first-order chi connectivity index (χ1) is 17.1. The number of unbranched alkanes of at least 4 members (excludes halogenated alkanes) is 2. The molecule has 0 bridgehead atoms. The highest BCUT2D eigenvalue weighted by atomic mass is 32.7. The molecule has 0 saturated carbocycles. The number of nitrogens with one attached hydrogen (secondary N) is 2. The molecule has 0 aromatic heterocycles. The standard InChI is InChI=1S/C22H46N2O8P2S3/c1-21(2,3)33(27,35)31-16-10-14-30-22(4,5)34(28,36)32-15-9-7-8-12-24-20(26)29-17-13-23-19(25)11-18-37-6/h7-18H2,1-6H3,(H,23,25)(H,24,26)(H,27,35)(H,28,36). The van der Waals surface area contributed by atoms with E-state index in [1.54, 1.807) is 25.6 Å². The summed E-state index contributed by atoms with van der Waals surface area (Å²) in [6.07, 6.45) is 4.46. The van der Waals surface area contributed by atoms with Gasteiger partial charge in [-0.25, -0.2) is 4.79 Å². The van der Waals surface area contributed by atoms with Crippen LogP contribution in [-0.2, 0) is 39.7 Å². The average Bonchev–Trinajstić information content (AvgIpc) is 2.78. The SMILES string of the molecule is CSCCC(=O)NCCOC(=O)NCCCCCOP(O)(=S)C(C)(C)OCCCOP(=O)(S)C(C)(C)C. The van der Waals surface area contributed by atoms with Crippen molar-refractivity contribution in [1.29, 1.82) is 0 Å². The smallest absolute Gasteiger partial charge is 0.407 e. The summed E-state index contributed by atoms with van der Waals surface area (Å²) in [5.41, 5.74) is 0. The molecule has 0 radical (unpaired) electrons. The summed E-state index contributed by atoms with van der Waals surface area (Å²) in [7, 11) is 0. The maximum Gasteiger partial charge on any atom is 0.407 e. The zero-order valence-corrected chi connectivity index (χ0v) is 27.3. The van der Waals surface area contributed by atoms with Crippen molar-refractivity contribution in [2.75, 3.05) is 51.5 Å². The fraction of sp³-hybridized carbons (Fsp3) is 0.909. The average molecular weight is 625 g/mol. The third kappa shape index (κ3) is 16.8. The van der Waals surface area contributed by atoms with E-state index in [1.165, 1.54) is 0 Å². The second kappa shape index (κ2) is 18.5. The van der Waals surface area contributed by atoms with E-state index in [-0.39, 0.29) is 38.9 Å². The predicted octanol–water partition coefficient (Wildman–Crippen LogP) is 5.15. The van der Waals surface area contributed by atoms with Gasteiger partial charge in [-0.1, -0.05) is 33.0 Å². The highest BCUT2D eigenvalue weighted by Gasteiger charge is 2.37. The summed E-state index contributed by atoms with van der Waals surface area (Å²) < 4.78 is 34.2. The molecule has 0 saturated heterocycles. The van der Waals surface area contributed by atoms with Crippen molar-refractivity contribution in [2.45, 2.75) is 77.2 Å². The number of carbonyl (C=O) groups excluding carboxylic acids is 2. The first-order valence-electron chi connectivity index (χ1n) is 12.3. The third-order valence-electron chi connectivity index (χ3n) is 5.09. The van der Waals surface area contributed by atoms with Gasteiger partial charge in [0, 0.05) is 23.9 Å². The summed E-state index contributed by atoms with van der Waals surface area (Å²) in [5, 5.41) is 3.74. The van der Waals surface area contributed by atoms with Gasteiger partial charge in [-0.15, -0.1) is 0 Å². The molecule has 0 aliphatic carbocycles. The number of hydrogen-bond donors (Lipinski definition) is 4. The van der Waals surface area contributed by atoms with Gasteiger partial charge in [0.2, 0.25) is 12.4 Å². The van der Waals surface area contributed by atoms with Crippen LogP contribution in [0.25, 0.3) is 0 Å². The highest BCUT2D eigenvalue weighted by molar-refractivity contribution is 8.46. The summed E-state index contributed by atoms with van der Waals surface area (Å²) >= 11 is 11.1. The quantitative estimate of drug-likeness (QED) is 0.0819. The fourth-order valence-electron chi connectivity index (χ4n) is 2.45. The molecule has 0 spiro atoms. The Kier molecular flexibility index (Phi) is 18.6. The number of carbonyl (C=O) groups is 2. The molecule has 15 heteroatoms. The van der Waals surface area contributed by atoms with Gasteiger partial charge in [-0.3, -0.25) is 9.36 Å². The molecule has 37 heavy (non-hydrogen) atoms. The van der Waals surface area contributed by atoms with Crippen molar-refractivity contribution in [3.63, 3.8) is 0 Å². The van der Waals surface area contributed by atoms with Gasteiger partial charge in [0.1, 0.15) is 11.9 Å². The molecule has 0 aromatic rings. The van der Waals surface area contributed by atoms with E-state index in [1.807, 2.05) is 27.0 Å². The number of amides is 2. The van der Waals surface area contributed by atoms with E-state index >= 15 is 0 Å². The van der Waals surface area contributed by atoms with Crippen molar-refractivity contribution in [1.82, 2.24) is 10.6 Å². The van der Waals surface area contributed by atoms with Crippen LogP contribution in [0.5, 0.6) is 0 Å². The van der Waals surface area contributed by atoms with E-state index in [2.05, 4.69) is 22.9 Å². The van der Waals surface area contributed by atoms with Gasteiger partial charge in [0.25, 0.3) is 6.57 Å². The Morgan fingerprint density at radius 3 is 2.22 bits per heavy atom. The second-order valence-corrected chi connectivity index (χ2v) is 18.8. The lowest BCUT2D eigenvalue weighted by atomic mass is 10.2. The molecule has 3 N–H and O–H groups in total. The van der Waals surface area contributed by atoms with E-state index in [0.717, 1.165) is 12.2 Å². The van der Waals surface area contributed by atoms with Crippen LogP contribution < -0.4 is 10.6 Å². The first-order valence-corrected chi connectivity index (χ1v) is 19.2. The van der Waals surface area contributed by atoms with E-state index < -0.39 is 29.7 Å². The Morgan fingerprint density at radius 2 is 1.59 bits per heavy atom. The number of ether oxygens (including phenoxy) is 2. The number of alkyl carbamates (subject to hydrolysis) is 1. The zero-order chi connectivity index (χ0) is 28.6. The molecular weight excluding hydrogens is 578 g/mol. The molecule has 2 atom stereocenters. The minimum Gasteiger partial charge on any atom is -0.448 e. The van der Waals surface area contributed by atoms with Crippen LogP contribution in [0.4, 0.5) is 4.79 Å². The monoisotopic (exact) mass is 624 g/mol. The summed E-state index contributed by atoms with van der Waals surface area (Å²) in [4.78, 5) is 33.8. The minimum atomic E-state index is -3.22. The van der Waals surface area contributed by atoms with Crippen LogP contribution in [0.2, 0.25) is 0 Å². The van der Waals surface area contributed by atoms with Gasteiger partial charge in [0.15, 0.2) is 0 Å². The van der Waals surface area contributed by atoms with E-state index in [4.69, 9.17) is 30.3 Å². The third-order valence-corrected chi connectivity index (χ3v) is 13.7. The summed E-state index contributed by atoms with van der Waals surface area (Å²) in [6.45, 7) is 4.17. The van der Waals surface area contributed by atoms with Crippen molar-refractivity contribution in [3.05, 3.63) is 0 Å². The molecule has 2 unspecified atom stereocenters. The molecule has 0 heterocycles. The van der Waals surface area contributed by atoms with Crippen molar-refractivity contribution in [2.24, 2.45) is 0 Å². The normalized spacial score (nSPS) is 15.5. The Labute approximate surface area is 237 Å². The number of hydrogen-bond acceptors (Lipinski definition) is 9. The first kappa shape index (κ1) is 37.2. The van der Waals surface area contributed by atoms with Crippen molar-refractivity contribution in [3.8, 4) is 0 Å². The van der Waals surface area contributed by atoms with Gasteiger partial charge < -0.3 is 34.0 Å². The molecule has 0 rings (SSSR count).